The lowest BCUT2D eigenvalue weighted by atomic mass is 9.93. The maximum Gasteiger partial charge on any atom is 0.573 e. The summed E-state index contributed by atoms with van der Waals surface area (Å²) >= 11 is 0. The summed E-state index contributed by atoms with van der Waals surface area (Å²) < 4.78 is 41.7. The molecule has 0 spiro atoms. The molecule has 5 heteroatoms. The van der Waals surface area contributed by atoms with Crippen LogP contribution in [0.1, 0.15) is 30.9 Å². The molecule has 0 radical (unpaired) electrons. The number of fused-ring (bicyclic) bond motifs is 5. The predicted octanol–water partition coefficient (Wildman–Crippen LogP) is 3.88. The SMILES string of the molecule is NC(c1ccccc1OC(F)(F)F)C1C2C3CCC(C3)C21. The molecule has 3 saturated carbocycles. The largest absolute Gasteiger partial charge is 0.573 e. The van der Waals surface area contributed by atoms with Gasteiger partial charge in [-0.1, -0.05) is 18.2 Å². The summed E-state index contributed by atoms with van der Waals surface area (Å²) in [5.74, 6) is 2.98. The van der Waals surface area contributed by atoms with Crippen molar-refractivity contribution >= 4 is 0 Å². The zero-order valence-corrected chi connectivity index (χ0v) is 11.5. The van der Waals surface area contributed by atoms with E-state index in [1.165, 1.54) is 25.3 Å². The van der Waals surface area contributed by atoms with Gasteiger partial charge in [0.2, 0.25) is 0 Å². The summed E-state index contributed by atoms with van der Waals surface area (Å²) in [5.41, 5.74) is 6.81. The van der Waals surface area contributed by atoms with Gasteiger partial charge < -0.3 is 10.5 Å². The second-order valence-corrected chi connectivity index (χ2v) is 6.68. The van der Waals surface area contributed by atoms with E-state index in [9.17, 15) is 13.2 Å². The fraction of sp³-hybridized carbons (Fsp3) is 0.625. The molecule has 1 aromatic rings. The zero-order chi connectivity index (χ0) is 14.8. The molecule has 5 unspecified atom stereocenters. The van der Waals surface area contributed by atoms with Gasteiger partial charge in [-0.25, -0.2) is 0 Å². The third kappa shape index (κ3) is 2.13. The van der Waals surface area contributed by atoms with E-state index in [4.69, 9.17) is 5.73 Å². The monoisotopic (exact) mass is 297 g/mol. The average Bonchev–Trinajstić information content (AvgIpc) is 2.85. The number of para-hydroxylation sites is 1. The molecule has 2 N–H and O–H groups in total. The maximum atomic E-state index is 12.5. The number of rotatable bonds is 3. The second-order valence-electron chi connectivity index (χ2n) is 6.68. The van der Waals surface area contributed by atoms with E-state index in [1.807, 2.05) is 0 Å². The van der Waals surface area contributed by atoms with Crippen molar-refractivity contribution in [3.63, 3.8) is 0 Å². The summed E-state index contributed by atoms with van der Waals surface area (Å²) in [6, 6.07) is 5.96. The van der Waals surface area contributed by atoms with E-state index in [-0.39, 0.29) is 11.8 Å². The smallest absolute Gasteiger partial charge is 0.405 e. The minimum Gasteiger partial charge on any atom is -0.405 e. The molecule has 2 bridgehead atoms. The second kappa shape index (κ2) is 4.38. The highest BCUT2D eigenvalue weighted by molar-refractivity contribution is 5.38. The normalized spacial score (nSPS) is 38.2. The molecule has 0 aromatic heterocycles. The fourth-order valence-electron chi connectivity index (χ4n) is 5.05. The molecule has 0 amide bonds. The summed E-state index contributed by atoms with van der Waals surface area (Å²) in [6.45, 7) is 0. The Morgan fingerprint density at radius 1 is 1.10 bits per heavy atom. The lowest BCUT2D eigenvalue weighted by Crippen LogP contribution is -2.22. The van der Waals surface area contributed by atoms with Gasteiger partial charge in [0.15, 0.2) is 0 Å². The Labute approximate surface area is 121 Å². The van der Waals surface area contributed by atoms with Gasteiger partial charge in [0.25, 0.3) is 0 Å². The molecule has 5 atom stereocenters. The van der Waals surface area contributed by atoms with Crippen molar-refractivity contribution in [1.82, 2.24) is 0 Å². The molecular weight excluding hydrogens is 279 g/mol. The zero-order valence-electron chi connectivity index (χ0n) is 11.5. The number of alkyl halides is 3. The first-order valence-corrected chi connectivity index (χ1v) is 7.56. The summed E-state index contributed by atoms with van der Waals surface area (Å²) in [4.78, 5) is 0. The third-order valence-electron chi connectivity index (χ3n) is 5.71. The molecule has 21 heavy (non-hydrogen) atoms. The summed E-state index contributed by atoms with van der Waals surface area (Å²) in [7, 11) is 0. The highest BCUT2D eigenvalue weighted by atomic mass is 19.4. The van der Waals surface area contributed by atoms with Crippen LogP contribution in [0.5, 0.6) is 5.75 Å². The van der Waals surface area contributed by atoms with E-state index >= 15 is 0 Å². The van der Waals surface area contributed by atoms with Gasteiger partial charge in [0, 0.05) is 11.6 Å². The first kappa shape index (κ1) is 13.4. The lowest BCUT2D eigenvalue weighted by molar-refractivity contribution is -0.275. The fourth-order valence-corrected chi connectivity index (χ4v) is 5.05. The topological polar surface area (TPSA) is 35.2 Å². The average molecular weight is 297 g/mol. The summed E-state index contributed by atoms with van der Waals surface area (Å²) in [5, 5.41) is 0. The van der Waals surface area contributed by atoms with Gasteiger partial charge in [-0.05, 0) is 54.9 Å². The van der Waals surface area contributed by atoms with Crippen molar-refractivity contribution in [3.8, 4) is 5.75 Å². The van der Waals surface area contributed by atoms with Crippen LogP contribution in [0.3, 0.4) is 0 Å². The van der Waals surface area contributed by atoms with Gasteiger partial charge in [0.1, 0.15) is 5.75 Å². The lowest BCUT2D eigenvalue weighted by Gasteiger charge is -2.20. The van der Waals surface area contributed by atoms with Gasteiger partial charge >= 0.3 is 6.36 Å². The van der Waals surface area contributed by atoms with Gasteiger partial charge in [0.05, 0.1) is 0 Å². The van der Waals surface area contributed by atoms with Crippen LogP contribution in [0.2, 0.25) is 0 Å². The Hall–Kier alpha value is -1.23. The first-order chi connectivity index (χ1) is 9.96. The van der Waals surface area contributed by atoms with Gasteiger partial charge in [-0.3, -0.25) is 0 Å². The van der Waals surface area contributed by atoms with Crippen LogP contribution in [0.25, 0.3) is 0 Å². The number of benzene rings is 1. The summed E-state index contributed by atoms with van der Waals surface area (Å²) in [6.07, 6.45) is -0.820. The van der Waals surface area contributed by atoms with E-state index in [2.05, 4.69) is 4.74 Å². The first-order valence-electron chi connectivity index (χ1n) is 7.56. The van der Waals surface area contributed by atoms with Gasteiger partial charge in [-0.15, -0.1) is 13.2 Å². The Morgan fingerprint density at radius 2 is 1.71 bits per heavy atom. The van der Waals surface area contributed by atoms with E-state index in [0.29, 0.717) is 23.3 Å². The standard InChI is InChI=1S/C16H18F3NO/c17-16(18,19)21-11-4-2-1-3-10(11)15(20)14-12-8-5-6-9(7-8)13(12)14/h1-4,8-9,12-15H,5-7,20H2. The molecular formula is C16H18F3NO. The van der Waals surface area contributed by atoms with Crippen LogP contribution in [-0.2, 0) is 0 Å². The number of hydrogen-bond donors (Lipinski definition) is 1. The van der Waals surface area contributed by atoms with Crippen molar-refractivity contribution in [2.75, 3.05) is 0 Å². The Morgan fingerprint density at radius 3 is 2.33 bits per heavy atom. The highest BCUT2D eigenvalue weighted by Gasteiger charge is 2.66. The molecule has 114 valence electrons. The van der Waals surface area contributed by atoms with Crippen molar-refractivity contribution in [1.29, 1.82) is 0 Å². The molecule has 0 heterocycles. The maximum absolute atomic E-state index is 12.5. The van der Waals surface area contributed by atoms with E-state index in [1.54, 1.807) is 18.2 Å². The number of ether oxygens (including phenoxy) is 1. The minimum atomic E-state index is -4.67. The van der Waals surface area contributed by atoms with E-state index in [0.717, 1.165) is 11.8 Å². The number of hydrogen-bond acceptors (Lipinski definition) is 2. The van der Waals surface area contributed by atoms with Crippen molar-refractivity contribution in [3.05, 3.63) is 29.8 Å². The molecule has 1 aromatic carbocycles. The molecule has 4 rings (SSSR count). The molecule has 3 aliphatic carbocycles. The Kier molecular flexibility index (Phi) is 2.80. The predicted molar refractivity (Wildman–Crippen MR) is 71.4 cm³/mol. The number of halogens is 3. The molecule has 0 saturated heterocycles. The van der Waals surface area contributed by atoms with Crippen LogP contribution in [0.15, 0.2) is 24.3 Å². The molecule has 3 fully saturated rings. The van der Waals surface area contributed by atoms with Crippen LogP contribution < -0.4 is 10.5 Å². The van der Waals surface area contributed by atoms with E-state index < -0.39 is 6.36 Å². The quantitative estimate of drug-likeness (QED) is 0.919. The van der Waals surface area contributed by atoms with Crippen LogP contribution in [0, 0.1) is 29.6 Å². The molecule has 2 nitrogen and oxygen atoms in total. The Balaban J connectivity index is 1.57. The third-order valence-corrected chi connectivity index (χ3v) is 5.71. The highest BCUT2D eigenvalue weighted by Crippen LogP contribution is 2.72. The molecule has 3 aliphatic rings. The van der Waals surface area contributed by atoms with Gasteiger partial charge in [-0.2, -0.15) is 0 Å². The van der Waals surface area contributed by atoms with Crippen LogP contribution in [-0.4, -0.2) is 6.36 Å². The molecule has 0 aliphatic heterocycles. The van der Waals surface area contributed by atoms with Crippen molar-refractivity contribution < 1.29 is 17.9 Å². The van der Waals surface area contributed by atoms with Crippen LogP contribution >= 0.6 is 0 Å². The number of nitrogens with two attached hydrogens (primary N) is 1. The van der Waals surface area contributed by atoms with Crippen molar-refractivity contribution in [2.24, 2.45) is 35.3 Å². The Bertz CT molecular complexity index is 543. The minimum absolute atomic E-state index is 0.144. The van der Waals surface area contributed by atoms with Crippen molar-refractivity contribution in [2.45, 2.75) is 31.7 Å². The van der Waals surface area contributed by atoms with Crippen LogP contribution in [0.4, 0.5) is 13.2 Å².